The maximum atomic E-state index is 4.18. The number of hydrogen-bond acceptors (Lipinski definition) is 1. The summed E-state index contributed by atoms with van der Waals surface area (Å²) < 4.78 is 2.46. The fraction of sp³-hybridized carbons (Fsp3) is 0.148. The van der Waals surface area contributed by atoms with Crippen LogP contribution >= 0.6 is 0 Å². The van der Waals surface area contributed by atoms with Crippen LogP contribution in [0.3, 0.4) is 0 Å². The van der Waals surface area contributed by atoms with Gasteiger partial charge in [-0.2, -0.15) is 0 Å². The number of allylic oxidation sites excluding steroid dienone is 20. The van der Waals surface area contributed by atoms with Gasteiger partial charge in [-0.25, -0.2) is 0 Å². The number of para-hydroxylation sites is 1. The molecule has 5 aromatic carbocycles. The van der Waals surface area contributed by atoms with Crippen molar-refractivity contribution < 1.29 is 0 Å². The summed E-state index contributed by atoms with van der Waals surface area (Å²) in [6.45, 7) is 6.46. The monoisotopic (exact) mass is 814 g/mol. The molecule has 6 aromatic rings. The summed E-state index contributed by atoms with van der Waals surface area (Å²) in [5, 5.41) is 2.55. The second-order valence-electron chi connectivity index (χ2n) is 17.1. The van der Waals surface area contributed by atoms with E-state index in [1.807, 2.05) is 0 Å². The van der Waals surface area contributed by atoms with Crippen LogP contribution in [-0.2, 0) is 0 Å². The second kappa shape index (κ2) is 18.1. The minimum absolute atomic E-state index is 0.399. The minimum atomic E-state index is 0.399. The van der Waals surface area contributed by atoms with E-state index < -0.39 is 0 Å². The Bertz CT molecular complexity index is 3050. The van der Waals surface area contributed by atoms with Crippen molar-refractivity contribution in [3.8, 4) is 11.1 Å². The van der Waals surface area contributed by atoms with Crippen LogP contribution in [-0.4, -0.2) is 4.57 Å². The first-order chi connectivity index (χ1) is 31.1. The first-order valence-corrected chi connectivity index (χ1v) is 22.7. The van der Waals surface area contributed by atoms with Gasteiger partial charge in [0, 0.05) is 46.4 Å². The molecule has 0 bridgehead atoms. The third kappa shape index (κ3) is 8.06. The number of nitrogens with zero attached hydrogens (tertiary/aromatic N) is 2. The molecule has 10 rings (SSSR count). The number of benzene rings is 5. The lowest BCUT2D eigenvalue weighted by molar-refractivity contribution is 0.495. The maximum Gasteiger partial charge on any atom is 0.0544 e. The van der Waals surface area contributed by atoms with Crippen molar-refractivity contribution >= 4 is 50.0 Å². The molecule has 1 aromatic heterocycles. The van der Waals surface area contributed by atoms with Gasteiger partial charge in [0.25, 0.3) is 0 Å². The average Bonchev–Trinajstić information content (AvgIpc) is 3.70. The SMILES string of the molecule is C=CCC1CC(C2=CC=C(N(c3cccc(C4=CCC=CC=C4)c3)c3cccc(-c4cccc5c4c4ccccc4n5C4=CC=CC=CC4)c3)CC=C2)C/C=C(/C)c2ccccc21. The maximum absolute atomic E-state index is 4.18. The molecule has 2 unspecified atom stereocenters. The first-order valence-electron chi connectivity index (χ1n) is 22.7. The van der Waals surface area contributed by atoms with Crippen molar-refractivity contribution in [1.82, 2.24) is 4.57 Å². The number of fused-ring (bicyclic) bond motifs is 4. The highest BCUT2D eigenvalue weighted by molar-refractivity contribution is 6.16. The van der Waals surface area contributed by atoms with Gasteiger partial charge in [0.05, 0.1) is 11.0 Å². The van der Waals surface area contributed by atoms with Gasteiger partial charge in [-0.1, -0.05) is 164 Å². The quantitative estimate of drug-likeness (QED) is 0.132. The topological polar surface area (TPSA) is 8.17 Å². The van der Waals surface area contributed by atoms with E-state index in [4.69, 9.17) is 0 Å². The highest BCUT2D eigenvalue weighted by Crippen LogP contribution is 2.43. The highest BCUT2D eigenvalue weighted by Gasteiger charge is 2.25. The van der Waals surface area contributed by atoms with Crippen molar-refractivity contribution in [2.75, 3.05) is 4.90 Å². The Morgan fingerprint density at radius 1 is 0.667 bits per heavy atom. The smallest absolute Gasteiger partial charge is 0.0544 e. The van der Waals surface area contributed by atoms with Gasteiger partial charge in [0.15, 0.2) is 0 Å². The molecule has 0 saturated carbocycles. The highest BCUT2D eigenvalue weighted by atomic mass is 15.1. The molecule has 4 aliphatic carbocycles. The lowest BCUT2D eigenvalue weighted by Gasteiger charge is -2.28. The molecule has 0 fully saturated rings. The molecule has 0 radical (unpaired) electrons. The number of hydrogen-bond donors (Lipinski definition) is 0. The summed E-state index contributed by atoms with van der Waals surface area (Å²) in [6.07, 6.45) is 41.8. The molecule has 1 heterocycles. The molecule has 2 atom stereocenters. The van der Waals surface area contributed by atoms with Gasteiger partial charge in [0.2, 0.25) is 0 Å². The van der Waals surface area contributed by atoms with Gasteiger partial charge < -0.3 is 9.47 Å². The lowest BCUT2D eigenvalue weighted by Crippen LogP contribution is -2.16. The van der Waals surface area contributed by atoms with Crippen LogP contribution in [0.25, 0.3) is 49.8 Å². The molecule has 4 aliphatic rings. The normalized spacial score (nSPS) is 19.3. The minimum Gasteiger partial charge on any atom is -0.314 e. The van der Waals surface area contributed by atoms with Gasteiger partial charge in [-0.05, 0) is 138 Å². The van der Waals surface area contributed by atoms with Gasteiger partial charge in [-0.3, -0.25) is 0 Å². The Balaban J connectivity index is 1.09. The number of rotatable bonds is 9. The van der Waals surface area contributed by atoms with Crippen LogP contribution in [0, 0.1) is 5.92 Å². The van der Waals surface area contributed by atoms with Crippen molar-refractivity contribution in [2.24, 2.45) is 5.92 Å². The van der Waals surface area contributed by atoms with Crippen molar-refractivity contribution in [1.29, 1.82) is 0 Å². The van der Waals surface area contributed by atoms with Gasteiger partial charge >= 0.3 is 0 Å². The summed E-state index contributed by atoms with van der Waals surface area (Å²) >= 11 is 0. The molecule has 2 nitrogen and oxygen atoms in total. The molecule has 0 aliphatic heterocycles. The fourth-order valence-corrected chi connectivity index (χ4v) is 10.2. The fourth-order valence-electron chi connectivity index (χ4n) is 10.2. The van der Waals surface area contributed by atoms with Crippen LogP contribution < -0.4 is 4.90 Å². The summed E-state index contributed by atoms with van der Waals surface area (Å²) in [5.41, 5.74) is 17.7. The van der Waals surface area contributed by atoms with Gasteiger partial charge in [-0.15, -0.1) is 6.58 Å². The lowest BCUT2D eigenvalue weighted by atomic mass is 9.76. The van der Waals surface area contributed by atoms with Crippen LogP contribution in [0.15, 0.2) is 230 Å². The average molecular weight is 815 g/mol. The van der Waals surface area contributed by atoms with E-state index in [1.54, 1.807) is 0 Å². The van der Waals surface area contributed by atoms with E-state index >= 15 is 0 Å². The molecular weight excluding hydrogens is 761 g/mol. The van der Waals surface area contributed by atoms with Crippen molar-refractivity contribution in [2.45, 2.75) is 51.4 Å². The van der Waals surface area contributed by atoms with E-state index in [0.29, 0.717) is 11.8 Å². The van der Waals surface area contributed by atoms with Crippen LogP contribution in [0.4, 0.5) is 11.4 Å². The summed E-state index contributed by atoms with van der Waals surface area (Å²) in [5.74, 6) is 0.824. The van der Waals surface area contributed by atoms with E-state index in [2.05, 4.69) is 235 Å². The Morgan fingerprint density at radius 3 is 2.35 bits per heavy atom. The standard InChI is InChI=1S/C61H54N2/c1-3-20-49-41-48(38-37-44(2)55-31-12-13-32-56(49)55)46-23-16-28-52(40-39-46)62(53-29-17-24-47(42-53)45-21-8-4-5-9-22-45)54-30-18-25-50(43-54)57-34-19-36-60-61(57)58-33-14-15-35-59(58)63(60)51-26-10-6-7-11-27-51/h3-8,10-19,21-26,29-37,39-40,42-43,48-49H,1,9,20,27-28,38,41H2,2H3/b44-37-. The summed E-state index contributed by atoms with van der Waals surface area (Å²) in [7, 11) is 0. The Labute approximate surface area is 373 Å². The number of anilines is 2. The summed E-state index contributed by atoms with van der Waals surface area (Å²) in [4.78, 5) is 2.49. The predicted molar refractivity (Wildman–Crippen MR) is 272 cm³/mol. The van der Waals surface area contributed by atoms with Crippen LogP contribution in [0.2, 0.25) is 0 Å². The van der Waals surface area contributed by atoms with E-state index in [9.17, 15) is 0 Å². The third-order valence-corrected chi connectivity index (χ3v) is 13.2. The Kier molecular flexibility index (Phi) is 11.4. The number of aromatic nitrogens is 1. The van der Waals surface area contributed by atoms with Gasteiger partial charge in [0.1, 0.15) is 0 Å². The molecule has 0 amide bonds. The molecule has 0 N–H and O–H groups in total. The van der Waals surface area contributed by atoms with Crippen LogP contribution in [0.5, 0.6) is 0 Å². The molecule has 0 saturated heterocycles. The summed E-state index contributed by atoms with van der Waals surface area (Å²) in [6, 6.07) is 43.0. The van der Waals surface area contributed by atoms with E-state index in [1.165, 1.54) is 77.7 Å². The Hall–Kier alpha value is -7.16. The Morgan fingerprint density at radius 2 is 1.44 bits per heavy atom. The zero-order valence-corrected chi connectivity index (χ0v) is 36.2. The van der Waals surface area contributed by atoms with Crippen molar-refractivity contribution in [3.05, 3.63) is 247 Å². The van der Waals surface area contributed by atoms with E-state index in [-0.39, 0.29) is 0 Å². The second-order valence-corrected chi connectivity index (χ2v) is 17.1. The molecule has 2 heteroatoms. The third-order valence-electron chi connectivity index (χ3n) is 13.2. The van der Waals surface area contributed by atoms with E-state index in [0.717, 1.165) is 49.9 Å². The molecular formula is C61H54N2. The largest absolute Gasteiger partial charge is 0.314 e. The predicted octanol–water partition coefficient (Wildman–Crippen LogP) is 16.8. The zero-order valence-electron chi connectivity index (χ0n) is 36.2. The molecule has 308 valence electrons. The molecule has 63 heavy (non-hydrogen) atoms. The zero-order chi connectivity index (χ0) is 42.5. The first kappa shape index (κ1) is 39.9. The molecule has 0 spiro atoms. The van der Waals surface area contributed by atoms with Crippen molar-refractivity contribution in [3.63, 3.8) is 0 Å². The van der Waals surface area contributed by atoms with Crippen LogP contribution in [0.1, 0.15) is 68.1 Å².